The molecule has 0 bridgehead atoms. The van der Waals surface area contributed by atoms with Gasteiger partial charge in [-0.2, -0.15) is 5.10 Å². The third kappa shape index (κ3) is 3.83. The second-order valence-electron chi connectivity index (χ2n) is 5.67. The Balaban J connectivity index is 1.77. The Labute approximate surface area is 151 Å². The molecule has 3 aromatic rings. The summed E-state index contributed by atoms with van der Waals surface area (Å²) in [6.45, 7) is 6.15. The van der Waals surface area contributed by atoms with Crippen molar-refractivity contribution in [1.82, 2.24) is 4.98 Å². The lowest BCUT2D eigenvalue weighted by Crippen LogP contribution is -1.99. The molecule has 5 heteroatoms. The first-order valence-corrected chi connectivity index (χ1v) is 8.88. The van der Waals surface area contributed by atoms with Gasteiger partial charge < -0.3 is 0 Å². The van der Waals surface area contributed by atoms with E-state index in [-0.39, 0.29) is 0 Å². The van der Waals surface area contributed by atoms with Crippen LogP contribution in [0.3, 0.4) is 0 Å². The first-order chi connectivity index (χ1) is 11.5. The molecule has 3 nitrogen and oxygen atoms in total. The van der Waals surface area contributed by atoms with Crippen LogP contribution in [0.5, 0.6) is 0 Å². The number of anilines is 1. The molecule has 0 aliphatic heterocycles. The summed E-state index contributed by atoms with van der Waals surface area (Å²) in [5.74, 6) is 0. The minimum absolute atomic E-state index is 0.720. The zero-order valence-corrected chi connectivity index (χ0v) is 15.4. The van der Waals surface area contributed by atoms with Crippen LogP contribution in [-0.2, 0) is 0 Å². The molecule has 0 spiro atoms. The van der Waals surface area contributed by atoms with E-state index in [1.54, 1.807) is 11.3 Å². The van der Waals surface area contributed by atoms with Gasteiger partial charge in [0, 0.05) is 16.0 Å². The number of benzene rings is 2. The molecule has 0 fully saturated rings. The Morgan fingerprint density at radius 1 is 1.12 bits per heavy atom. The molecule has 1 aromatic heterocycles. The second kappa shape index (κ2) is 7.16. The van der Waals surface area contributed by atoms with Gasteiger partial charge in [-0.05, 0) is 50.1 Å². The fraction of sp³-hybridized carbons (Fsp3) is 0.158. The molecule has 0 aliphatic rings. The van der Waals surface area contributed by atoms with Crippen LogP contribution < -0.4 is 5.43 Å². The Hall–Kier alpha value is -2.17. The third-order valence-corrected chi connectivity index (χ3v) is 4.75. The number of hydrogen-bond acceptors (Lipinski definition) is 4. The van der Waals surface area contributed by atoms with Crippen molar-refractivity contribution in [3.63, 3.8) is 0 Å². The summed E-state index contributed by atoms with van der Waals surface area (Å²) in [6.07, 6.45) is 0. The van der Waals surface area contributed by atoms with Crippen molar-refractivity contribution in [2.24, 2.45) is 5.10 Å². The van der Waals surface area contributed by atoms with E-state index in [2.05, 4.69) is 52.9 Å². The topological polar surface area (TPSA) is 37.3 Å². The van der Waals surface area contributed by atoms with Crippen LogP contribution in [-0.4, -0.2) is 10.7 Å². The molecule has 1 N–H and O–H groups in total. The average molecular weight is 356 g/mol. The maximum atomic E-state index is 5.91. The van der Waals surface area contributed by atoms with Gasteiger partial charge >= 0.3 is 0 Å². The summed E-state index contributed by atoms with van der Waals surface area (Å²) in [5, 5.41) is 7.96. The highest BCUT2D eigenvalue weighted by atomic mass is 35.5. The van der Waals surface area contributed by atoms with Gasteiger partial charge in [-0.15, -0.1) is 11.3 Å². The number of aromatic nitrogens is 1. The zero-order valence-electron chi connectivity index (χ0n) is 13.8. The summed E-state index contributed by atoms with van der Waals surface area (Å²) in [5.41, 5.74) is 9.55. The second-order valence-corrected chi connectivity index (χ2v) is 6.97. The van der Waals surface area contributed by atoms with Gasteiger partial charge in [-0.25, -0.2) is 4.98 Å². The van der Waals surface area contributed by atoms with Crippen molar-refractivity contribution in [2.45, 2.75) is 20.8 Å². The first-order valence-electron chi connectivity index (χ1n) is 7.62. The molecule has 0 unspecified atom stereocenters. The average Bonchev–Trinajstić information content (AvgIpc) is 3.04. The standard InChI is InChI=1S/C19H18ClN3S/c1-12-4-5-13(2)17(10-12)18-11-24-19(21-18)23-22-14(3)15-6-8-16(20)9-7-15/h4-11H,1-3H3,(H,21,23). The minimum atomic E-state index is 0.720. The van der Waals surface area contributed by atoms with Gasteiger partial charge in [0.15, 0.2) is 0 Å². The Kier molecular flexibility index (Phi) is 4.97. The van der Waals surface area contributed by atoms with Gasteiger partial charge in [0.1, 0.15) is 0 Å². The normalized spacial score (nSPS) is 11.6. The molecule has 0 radical (unpaired) electrons. The number of nitrogens with zero attached hydrogens (tertiary/aromatic N) is 2. The van der Waals surface area contributed by atoms with E-state index < -0.39 is 0 Å². The first kappa shape index (κ1) is 16.7. The molecule has 0 amide bonds. The number of hydrazone groups is 1. The number of aryl methyl sites for hydroxylation is 2. The van der Waals surface area contributed by atoms with Crippen LogP contribution >= 0.6 is 22.9 Å². The van der Waals surface area contributed by atoms with E-state index in [9.17, 15) is 0 Å². The van der Waals surface area contributed by atoms with Crippen molar-refractivity contribution >= 4 is 33.8 Å². The van der Waals surface area contributed by atoms with E-state index >= 15 is 0 Å². The minimum Gasteiger partial charge on any atom is -0.252 e. The lowest BCUT2D eigenvalue weighted by molar-refractivity contribution is 1.26. The molecular formula is C19H18ClN3S. The molecule has 0 saturated heterocycles. The van der Waals surface area contributed by atoms with Crippen molar-refractivity contribution in [2.75, 3.05) is 5.43 Å². The van der Waals surface area contributed by atoms with Crippen LogP contribution in [0.15, 0.2) is 52.9 Å². The van der Waals surface area contributed by atoms with Crippen LogP contribution in [0.1, 0.15) is 23.6 Å². The summed E-state index contributed by atoms with van der Waals surface area (Å²) in [6, 6.07) is 14.0. The lowest BCUT2D eigenvalue weighted by atomic mass is 10.0. The molecule has 0 saturated carbocycles. The summed E-state index contributed by atoms with van der Waals surface area (Å²) in [4.78, 5) is 4.64. The highest BCUT2D eigenvalue weighted by Gasteiger charge is 2.07. The smallest absolute Gasteiger partial charge is 0.203 e. The van der Waals surface area contributed by atoms with Crippen molar-refractivity contribution in [3.05, 3.63) is 69.6 Å². The van der Waals surface area contributed by atoms with E-state index in [1.807, 2.05) is 31.2 Å². The van der Waals surface area contributed by atoms with Crippen LogP contribution in [0.2, 0.25) is 5.02 Å². The number of halogens is 1. The SMILES string of the molecule is CC(=NNc1nc(-c2cc(C)ccc2C)cs1)c1ccc(Cl)cc1. The molecule has 3 rings (SSSR count). The highest BCUT2D eigenvalue weighted by Crippen LogP contribution is 2.28. The molecular weight excluding hydrogens is 338 g/mol. The molecule has 0 atom stereocenters. The number of nitrogens with one attached hydrogen (secondary N) is 1. The predicted octanol–water partition coefficient (Wildman–Crippen LogP) is 5.92. The maximum Gasteiger partial charge on any atom is 0.203 e. The van der Waals surface area contributed by atoms with Gasteiger partial charge in [-0.3, -0.25) is 5.43 Å². The van der Waals surface area contributed by atoms with Crippen LogP contribution in [0, 0.1) is 13.8 Å². The molecule has 2 aromatic carbocycles. The molecule has 0 aliphatic carbocycles. The van der Waals surface area contributed by atoms with Crippen molar-refractivity contribution in [3.8, 4) is 11.3 Å². The van der Waals surface area contributed by atoms with Gasteiger partial charge in [-0.1, -0.05) is 41.4 Å². The zero-order chi connectivity index (χ0) is 17.1. The van der Waals surface area contributed by atoms with Crippen LogP contribution in [0.25, 0.3) is 11.3 Å². The fourth-order valence-corrected chi connectivity index (χ4v) is 3.13. The third-order valence-electron chi connectivity index (χ3n) is 3.75. The fourth-order valence-electron chi connectivity index (χ4n) is 2.35. The van der Waals surface area contributed by atoms with Gasteiger partial charge in [0.2, 0.25) is 5.13 Å². The molecule has 1 heterocycles. The molecule has 122 valence electrons. The number of thiazole rings is 1. The van der Waals surface area contributed by atoms with Gasteiger partial charge in [0.05, 0.1) is 11.4 Å². The van der Waals surface area contributed by atoms with E-state index in [0.717, 1.165) is 32.7 Å². The monoisotopic (exact) mass is 355 g/mol. The quantitative estimate of drug-likeness (QED) is 0.466. The van der Waals surface area contributed by atoms with Crippen LogP contribution in [0.4, 0.5) is 5.13 Å². The Morgan fingerprint density at radius 2 is 1.88 bits per heavy atom. The molecule has 24 heavy (non-hydrogen) atoms. The van der Waals surface area contributed by atoms with Crippen molar-refractivity contribution in [1.29, 1.82) is 0 Å². The lowest BCUT2D eigenvalue weighted by Gasteiger charge is -2.04. The van der Waals surface area contributed by atoms with Gasteiger partial charge in [0.25, 0.3) is 0 Å². The summed E-state index contributed by atoms with van der Waals surface area (Å²) in [7, 11) is 0. The Bertz CT molecular complexity index is 882. The predicted molar refractivity (Wildman–Crippen MR) is 104 cm³/mol. The summed E-state index contributed by atoms with van der Waals surface area (Å²) >= 11 is 7.46. The number of hydrogen-bond donors (Lipinski definition) is 1. The number of rotatable bonds is 4. The summed E-state index contributed by atoms with van der Waals surface area (Å²) < 4.78 is 0. The van der Waals surface area contributed by atoms with E-state index in [0.29, 0.717) is 0 Å². The van der Waals surface area contributed by atoms with E-state index in [1.165, 1.54) is 11.1 Å². The Morgan fingerprint density at radius 3 is 2.62 bits per heavy atom. The maximum absolute atomic E-state index is 5.91. The largest absolute Gasteiger partial charge is 0.252 e. The van der Waals surface area contributed by atoms with E-state index in [4.69, 9.17) is 11.6 Å². The highest BCUT2D eigenvalue weighted by molar-refractivity contribution is 7.14. The van der Waals surface area contributed by atoms with Crippen molar-refractivity contribution < 1.29 is 0 Å².